The van der Waals surface area contributed by atoms with Crippen molar-refractivity contribution in [2.24, 2.45) is 4.99 Å². The number of amides is 3. The van der Waals surface area contributed by atoms with Crippen LogP contribution in [0.1, 0.15) is 13.8 Å². The molecule has 0 saturated carbocycles. The third kappa shape index (κ3) is 3.28. The summed E-state index contributed by atoms with van der Waals surface area (Å²) in [7, 11) is 1.22. The molecular formula is C12H14N2O6. The molecule has 8 heteroatoms. The summed E-state index contributed by atoms with van der Waals surface area (Å²) in [5.41, 5.74) is -0.822. The van der Waals surface area contributed by atoms with Gasteiger partial charge in [0.1, 0.15) is 5.71 Å². The van der Waals surface area contributed by atoms with Crippen LogP contribution >= 0.6 is 0 Å². The number of rotatable bonds is 5. The van der Waals surface area contributed by atoms with E-state index >= 15 is 0 Å². The predicted octanol–water partition coefficient (Wildman–Crippen LogP) is 0.0720. The molecule has 0 aromatic heterocycles. The van der Waals surface area contributed by atoms with Crippen molar-refractivity contribution in [3.8, 4) is 0 Å². The monoisotopic (exact) mass is 282 g/mol. The lowest BCUT2D eigenvalue weighted by Crippen LogP contribution is -2.31. The Morgan fingerprint density at radius 3 is 2.25 bits per heavy atom. The van der Waals surface area contributed by atoms with Gasteiger partial charge in [-0.05, 0) is 13.8 Å². The third-order valence-corrected chi connectivity index (χ3v) is 2.30. The van der Waals surface area contributed by atoms with Gasteiger partial charge in [0.2, 0.25) is 0 Å². The number of hydrogen-bond donors (Lipinski definition) is 0. The fourth-order valence-corrected chi connectivity index (χ4v) is 1.37. The van der Waals surface area contributed by atoms with Crippen molar-refractivity contribution in [1.82, 2.24) is 4.90 Å². The van der Waals surface area contributed by atoms with E-state index in [9.17, 15) is 19.2 Å². The smallest absolute Gasteiger partial charge is 0.351 e. The normalized spacial score (nSPS) is 15.2. The zero-order chi connectivity index (χ0) is 15.3. The van der Waals surface area contributed by atoms with E-state index in [1.54, 1.807) is 13.8 Å². The number of ether oxygens (including phenoxy) is 2. The zero-order valence-electron chi connectivity index (χ0n) is 11.3. The molecule has 1 heterocycles. The Morgan fingerprint density at radius 1 is 1.20 bits per heavy atom. The number of carbonyl (C=O) groups is 4. The fraction of sp³-hybridized carbons (Fsp3) is 0.417. The first-order valence-corrected chi connectivity index (χ1v) is 5.89. The number of carbonyl (C=O) groups excluding carboxylic acids is 4. The summed E-state index contributed by atoms with van der Waals surface area (Å²) in [6.45, 7) is 3.30. The second-order valence-corrected chi connectivity index (χ2v) is 3.64. The average Bonchev–Trinajstić information content (AvgIpc) is 2.64. The van der Waals surface area contributed by atoms with Crippen LogP contribution in [0.4, 0.5) is 4.79 Å². The predicted molar refractivity (Wildman–Crippen MR) is 67.0 cm³/mol. The SMILES string of the molecule is CCOC(=O)/C=C(/C(=O)OCC)C1=NC(=O)N(C)C1=O. The van der Waals surface area contributed by atoms with Gasteiger partial charge in [-0.25, -0.2) is 14.4 Å². The minimum absolute atomic E-state index is 0.0459. The number of aliphatic imine (C=N–C) groups is 1. The first-order valence-electron chi connectivity index (χ1n) is 5.89. The van der Waals surface area contributed by atoms with Crippen molar-refractivity contribution in [3.05, 3.63) is 11.6 Å². The third-order valence-electron chi connectivity index (χ3n) is 2.30. The zero-order valence-corrected chi connectivity index (χ0v) is 11.3. The van der Waals surface area contributed by atoms with Crippen LogP contribution < -0.4 is 0 Å². The number of imide groups is 1. The summed E-state index contributed by atoms with van der Waals surface area (Å²) < 4.78 is 9.40. The van der Waals surface area contributed by atoms with Gasteiger partial charge in [0.25, 0.3) is 5.91 Å². The number of urea groups is 1. The molecule has 1 aliphatic rings. The molecule has 1 rings (SSSR count). The summed E-state index contributed by atoms with van der Waals surface area (Å²) in [5.74, 6) is -2.53. The Labute approximate surface area is 115 Å². The van der Waals surface area contributed by atoms with Gasteiger partial charge in [-0.2, -0.15) is 4.99 Å². The van der Waals surface area contributed by atoms with Crippen molar-refractivity contribution < 1.29 is 28.7 Å². The van der Waals surface area contributed by atoms with Crippen LogP contribution in [0.25, 0.3) is 0 Å². The summed E-state index contributed by atoms with van der Waals surface area (Å²) >= 11 is 0. The highest BCUT2D eigenvalue weighted by atomic mass is 16.5. The van der Waals surface area contributed by atoms with Crippen LogP contribution in [-0.2, 0) is 23.9 Å². The molecule has 8 nitrogen and oxygen atoms in total. The number of hydrogen-bond acceptors (Lipinski definition) is 6. The van der Waals surface area contributed by atoms with E-state index in [0.29, 0.717) is 0 Å². The Kier molecular flexibility index (Phi) is 5.13. The van der Waals surface area contributed by atoms with Crippen LogP contribution in [-0.4, -0.2) is 54.7 Å². The van der Waals surface area contributed by atoms with Gasteiger partial charge in [0.05, 0.1) is 18.8 Å². The van der Waals surface area contributed by atoms with E-state index < -0.39 is 35.2 Å². The lowest BCUT2D eigenvalue weighted by atomic mass is 10.1. The minimum atomic E-state index is -0.921. The molecule has 0 spiro atoms. The quantitative estimate of drug-likeness (QED) is 0.522. The molecule has 0 bridgehead atoms. The molecule has 0 aromatic carbocycles. The summed E-state index contributed by atoms with van der Waals surface area (Å²) in [6.07, 6.45) is 0.796. The first-order chi connectivity index (χ1) is 9.42. The lowest BCUT2D eigenvalue weighted by molar-refractivity contribution is -0.140. The maximum absolute atomic E-state index is 11.8. The van der Waals surface area contributed by atoms with Gasteiger partial charge in [0, 0.05) is 13.1 Å². The van der Waals surface area contributed by atoms with E-state index in [1.807, 2.05) is 0 Å². The van der Waals surface area contributed by atoms with E-state index in [4.69, 9.17) is 4.74 Å². The van der Waals surface area contributed by atoms with Gasteiger partial charge in [-0.1, -0.05) is 0 Å². The Bertz CT molecular complexity index is 520. The minimum Gasteiger partial charge on any atom is -0.463 e. The molecule has 0 radical (unpaired) electrons. The highest BCUT2D eigenvalue weighted by Gasteiger charge is 2.35. The largest absolute Gasteiger partial charge is 0.463 e. The van der Waals surface area contributed by atoms with Crippen molar-refractivity contribution in [2.75, 3.05) is 20.3 Å². The molecule has 0 atom stereocenters. The van der Waals surface area contributed by atoms with Crippen LogP contribution in [0, 0.1) is 0 Å². The van der Waals surface area contributed by atoms with E-state index in [0.717, 1.165) is 11.0 Å². The molecular weight excluding hydrogens is 268 g/mol. The molecule has 20 heavy (non-hydrogen) atoms. The summed E-state index contributed by atoms with van der Waals surface area (Å²) in [6, 6.07) is -0.816. The summed E-state index contributed by atoms with van der Waals surface area (Å²) in [5, 5.41) is 0. The van der Waals surface area contributed by atoms with Gasteiger partial charge < -0.3 is 9.47 Å². The Hall–Kier alpha value is -2.51. The van der Waals surface area contributed by atoms with Crippen molar-refractivity contribution in [3.63, 3.8) is 0 Å². The highest BCUT2D eigenvalue weighted by Crippen LogP contribution is 2.13. The summed E-state index contributed by atoms with van der Waals surface area (Å²) in [4.78, 5) is 50.5. The van der Waals surface area contributed by atoms with E-state index in [1.165, 1.54) is 7.05 Å². The highest BCUT2D eigenvalue weighted by molar-refractivity contribution is 6.56. The molecule has 0 N–H and O–H groups in total. The van der Waals surface area contributed by atoms with Crippen LogP contribution in [0.5, 0.6) is 0 Å². The molecule has 0 aromatic rings. The molecule has 108 valence electrons. The van der Waals surface area contributed by atoms with Crippen molar-refractivity contribution in [1.29, 1.82) is 0 Å². The maximum Gasteiger partial charge on any atom is 0.351 e. The number of nitrogens with zero attached hydrogens (tertiary/aromatic N) is 2. The van der Waals surface area contributed by atoms with Crippen LogP contribution in [0.15, 0.2) is 16.6 Å². The molecule has 0 aliphatic carbocycles. The maximum atomic E-state index is 11.8. The topological polar surface area (TPSA) is 102 Å². The first kappa shape index (κ1) is 15.5. The van der Waals surface area contributed by atoms with Crippen molar-refractivity contribution in [2.45, 2.75) is 13.8 Å². The van der Waals surface area contributed by atoms with Crippen LogP contribution in [0.3, 0.4) is 0 Å². The second-order valence-electron chi connectivity index (χ2n) is 3.64. The molecule has 3 amide bonds. The average molecular weight is 282 g/mol. The Morgan fingerprint density at radius 2 is 1.80 bits per heavy atom. The molecule has 0 saturated heterocycles. The second kappa shape index (κ2) is 6.60. The standard InChI is InChI=1S/C12H14N2O6/c1-4-19-8(15)6-7(11(17)20-5-2)9-10(16)14(3)12(18)13-9/h6H,4-5H2,1-3H3/b7-6+. The molecule has 1 aliphatic heterocycles. The van der Waals surface area contributed by atoms with Crippen molar-refractivity contribution >= 4 is 29.6 Å². The lowest BCUT2D eigenvalue weighted by Gasteiger charge is -2.07. The van der Waals surface area contributed by atoms with E-state index in [-0.39, 0.29) is 13.2 Å². The Balaban J connectivity index is 3.16. The van der Waals surface area contributed by atoms with Gasteiger partial charge in [0.15, 0.2) is 0 Å². The molecule has 0 fully saturated rings. The fourth-order valence-electron chi connectivity index (χ4n) is 1.37. The van der Waals surface area contributed by atoms with Gasteiger partial charge in [-0.3, -0.25) is 9.69 Å². The van der Waals surface area contributed by atoms with Gasteiger partial charge in [-0.15, -0.1) is 0 Å². The van der Waals surface area contributed by atoms with E-state index in [2.05, 4.69) is 9.73 Å². The van der Waals surface area contributed by atoms with Gasteiger partial charge >= 0.3 is 18.0 Å². The number of esters is 2. The van der Waals surface area contributed by atoms with Crippen LogP contribution in [0.2, 0.25) is 0 Å². The molecule has 0 unspecified atom stereocenters.